The second kappa shape index (κ2) is 21.5. The molecule has 0 heterocycles. The smallest absolute Gasteiger partial charge is 1.00 e. The Hall–Kier alpha value is -3.79. The van der Waals surface area contributed by atoms with Crippen molar-refractivity contribution in [2.24, 2.45) is 20.4 Å². The van der Waals surface area contributed by atoms with E-state index in [0.717, 1.165) is 16.7 Å². The van der Waals surface area contributed by atoms with Crippen LogP contribution in [0.5, 0.6) is 0 Å². The quantitative estimate of drug-likeness (QED) is 0.0363. The van der Waals surface area contributed by atoms with E-state index >= 15 is 0 Å². The van der Waals surface area contributed by atoms with Crippen molar-refractivity contribution in [3.63, 3.8) is 0 Å². The minimum Gasteiger partial charge on any atom is -1.00 e. The van der Waals surface area contributed by atoms with Crippen LogP contribution in [0, 0.1) is 6.92 Å². The minimum atomic E-state index is -2.10. The van der Waals surface area contributed by atoms with Gasteiger partial charge in [0.05, 0.1) is 6.61 Å². The van der Waals surface area contributed by atoms with Gasteiger partial charge in [-0.05, 0) is 53.7 Å². The van der Waals surface area contributed by atoms with Crippen LogP contribution in [0.25, 0.3) is 0 Å². The Balaban J connectivity index is 0.00000351. The predicted molar refractivity (Wildman–Crippen MR) is 213 cm³/mol. The van der Waals surface area contributed by atoms with Crippen LogP contribution in [-0.4, -0.2) is 48.3 Å². The number of rotatable bonds is 13. The average Bonchev–Trinajstić information content (AvgIpc) is 3.16. The Morgan fingerprint density at radius 2 is 1.00 bits per heavy atom. The summed E-state index contributed by atoms with van der Waals surface area (Å²) in [6.07, 6.45) is 0.543. The fraction of sp³-hybridized carbons (Fsp3) is 0.128. The molecule has 0 aromatic heterocycles. The molecule has 0 saturated heterocycles. The SMILES string of the molecule is CNC([S-])=NN=C(C(=NN=C([S-])NCCOC[P+](c1ccccc1)(c1ccccc1)c1ccccc1)c1ccccc1)c1ccc(C)cc1.[Br-].[Cu+2]. The van der Waals surface area contributed by atoms with Crippen LogP contribution < -0.4 is 43.5 Å². The third-order valence-corrected chi connectivity index (χ3v) is 12.3. The van der Waals surface area contributed by atoms with Crippen LogP contribution >= 0.6 is 7.26 Å². The van der Waals surface area contributed by atoms with Gasteiger partial charge in [0.1, 0.15) is 34.6 Å². The fourth-order valence-electron chi connectivity index (χ4n) is 5.22. The molecular weight excluding hydrogens is 807 g/mol. The molecule has 265 valence electrons. The molecule has 0 aliphatic carbocycles. The van der Waals surface area contributed by atoms with Crippen molar-refractivity contribution in [1.29, 1.82) is 0 Å². The number of hydrogen-bond acceptors (Lipinski definition) is 7. The first-order valence-corrected chi connectivity index (χ1v) is 18.6. The van der Waals surface area contributed by atoms with Gasteiger partial charge < -0.3 is 57.6 Å². The number of aryl methyl sites for hydroxylation is 1. The monoisotopic (exact) mass is 843 g/mol. The molecule has 0 atom stereocenters. The van der Waals surface area contributed by atoms with Gasteiger partial charge in [-0.15, -0.1) is 10.2 Å². The summed E-state index contributed by atoms with van der Waals surface area (Å²) in [5.74, 6) is 0. The summed E-state index contributed by atoms with van der Waals surface area (Å²) in [5, 5.41) is 28.0. The number of nitrogens with one attached hydrogen (secondary N) is 2. The standard InChI is InChI=1S/C39H39N6OPS2.BrH.Cu/c1-30-23-25-32(26-24-30)37(42-44-38(48)40-2)36(31-15-7-3-8-16-31)43-45-39(49)41-27-28-46-29-47(33-17-9-4-10-18-33,34-19-11-5-12-20-34)35-21-13-6-14-22-35;;/h3-26H,27-29H2,1-2H3,(H3-,40,41,42,43,44,45,48,49);1H;/q;;+2/p-2. The first-order valence-electron chi connectivity index (χ1n) is 15.8. The second-order valence-corrected chi connectivity index (χ2v) is 15.2. The van der Waals surface area contributed by atoms with Crippen LogP contribution in [0.3, 0.4) is 0 Å². The largest absolute Gasteiger partial charge is 2.00 e. The van der Waals surface area contributed by atoms with E-state index in [1.54, 1.807) is 7.05 Å². The van der Waals surface area contributed by atoms with Gasteiger partial charge in [-0.25, -0.2) is 0 Å². The van der Waals surface area contributed by atoms with Gasteiger partial charge >= 0.3 is 17.1 Å². The second-order valence-electron chi connectivity index (χ2n) is 11.0. The Bertz CT molecular complexity index is 1800. The van der Waals surface area contributed by atoms with E-state index < -0.39 is 7.26 Å². The van der Waals surface area contributed by atoms with Gasteiger partial charge in [0, 0.05) is 24.7 Å². The maximum Gasteiger partial charge on any atom is 2.00 e. The van der Waals surface area contributed by atoms with Gasteiger partial charge in [0.25, 0.3) is 0 Å². The van der Waals surface area contributed by atoms with Gasteiger partial charge in [-0.1, -0.05) is 115 Å². The maximum atomic E-state index is 6.48. The molecule has 0 bridgehead atoms. The number of nitrogens with zero attached hydrogens (tertiary/aromatic N) is 4. The molecule has 12 heteroatoms. The summed E-state index contributed by atoms with van der Waals surface area (Å²) in [7, 11) is -0.397. The zero-order chi connectivity index (χ0) is 34.3. The number of halogens is 1. The molecule has 5 aromatic rings. The van der Waals surface area contributed by atoms with Crippen molar-refractivity contribution in [3.05, 3.63) is 162 Å². The van der Waals surface area contributed by atoms with Gasteiger partial charge in [0.15, 0.2) is 6.35 Å². The molecule has 0 aliphatic heterocycles. The number of ether oxygens (including phenoxy) is 1. The minimum absolute atomic E-state index is 0. The molecule has 2 N–H and O–H groups in total. The van der Waals surface area contributed by atoms with E-state index in [-0.39, 0.29) is 44.4 Å². The zero-order valence-corrected chi connectivity index (χ0v) is 33.2. The van der Waals surface area contributed by atoms with Crippen LogP contribution in [0.4, 0.5) is 0 Å². The Morgan fingerprint density at radius 3 is 1.45 bits per heavy atom. The molecule has 7 nitrogen and oxygen atoms in total. The van der Waals surface area contributed by atoms with Crippen LogP contribution in [0.2, 0.25) is 0 Å². The first kappa shape index (κ1) is 41.6. The van der Waals surface area contributed by atoms with E-state index in [1.807, 2.05) is 61.5 Å². The van der Waals surface area contributed by atoms with E-state index in [4.69, 9.17) is 30.0 Å². The number of amidine groups is 2. The molecule has 1 radical (unpaired) electrons. The summed E-state index contributed by atoms with van der Waals surface area (Å²) < 4.78 is 6.48. The fourth-order valence-corrected chi connectivity index (χ4v) is 9.19. The molecule has 51 heavy (non-hydrogen) atoms. The molecule has 0 saturated carbocycles. The van der Waals surface area contributed by atoms with Crippen molar-refractivity contribution >= 4 is 70.2 Å². The summed E-state index contributed by atoms with van der Waals surface area (Å²) in [4.78, 5) is 0. The summed E-state index contributed by atoms with van der Waals surface area (Å²) in [5.41, 5.74) is 3.78. The van der Waals surface area contributed by atoms with E-state index in [0.29, 0.717) is 30.9 Å². The van der Waals surface area contributed by atoms with E-state index in [9.17, 15) is 0 Å². The van der Waals surface area contributed by atoms with Crippen LogP contribution in [0.15, 0.2) is 166 Å². The Morgan fingerprint density at radius 1 is 0.588 bits per heavy atom. The molecular formula is C39H38BrCuN6OPS2. The third kappa shape index (κ3) is 11.3. The first-order chi connectivity index (χ1) is 24.0. The Kier molecular flexibility index (Phi) is 17.6. The zero-order valence-electron chi connectivity index (χ0n) is 28.1. The van der Waals surface area contributed by atoms with Gasteiger partial charge in [-0.3, -0.25) is 0 Å². The van der Waals surface area contributed by atoms with Crippen molar-refractivity contribution in [2.45, 2.75) is 6.92 Å². The summed E-state index contributed by atoms with van der Waals surface area (Å²) in [6.45, 7) is 2.92. The molecule has 5 aromatic carbocycles. The normalized spacial score (nSPS) is 12.4. The van der Waals surface area contributed by atoms with Crippen molar-refractivity contribution in [3.8, 4) is 0 Å². The average molecular weight is 845 g/mol. The van der Waals surface area contributed by atoms with Gasteiger partial charge in [0.2, 0.25) is 0 Å². The molecule has 0 spiro atoms. The number of hydrogen-bond donors (Lipinski definition) is 2. The van der Waals surface area contributed by atoms with E-state index in [2.05, 4.69) is 122 Å². The van der Waals surface area contributed by atoms with E-state index in [1.165, 1.54) is 15.9 Å². The summed E-state index contributed by atoms with van der Waals surface area (Å²) in [6, 6.07) is 49.7. The van der Waals surface area contributed by atoms with Crippen LogP contribution in [0.1, 0.15) is 16.7 Å². The molecule has 0 aliphatic rings. The molecule has 0 unspecified atom stereocenters. The molecule has 5 rings (SSSR count). The van der Waals surface area contributed by atoms with Crippen LogP contribution in [-0.2, 0) is 47.1 Å². The van der Waals surface area contributed by atoms with Gasteiger partial charge in [-0.2, -0.15) is 10.2 Å². The summed E-state index contributed by atoms with van der Waals surface area (Å²) >= 11 is 10.8. The third-order valence-electron chi connectivity index (χ3n) is 7.69. The van der Waals surface area contributed by atoms with Crippen molar-refractivity contribution in [2.75, 3.05) is 26.5 Å². The number of benzene rings is 5. The Labute approximate surface area is 333 Å². The molecule has 0 amide bonds. The molecule has 0 fully saturated rings. The topological polar surface area (TPSA) is 82.7 Å². The maximum absolute atomic E-state index is 6.48. The van der Waals surface area contributed by atoms with Crippen molar-refractivity contribution < 1.29 is 38.8 Å². The predicted octanol–water partition coefficient (Wildman–Crippen LogP) is 2.69. The van der Waals surface area contributed by atoms with Crippen molar-refractivity contribution in [1.82, 2.24) is 10.6 Å².